The molecule has 0 aromatic heterocycles. The van der Waals surface area contributed by atoms with Crippen molar-refractivity contribution in [2.75, 3.05) is 6.54 Å². The van der Waals surface area contributed by atoms with Crippen LogP contribution in [0.2, 0.25) is 0 Å². The molecule has 18 heavy (non-hydrogen) atoms. The van der Waals surface area contributed by atoms with Crippen LogP contribution < -0.4 is 11.1 Å². The molecule has 2 rings (SSSR count). The Kier molecular flexibility index (Phi) is 6.44. The third kappa shape index (κ3) is 4.43. The fourth-order valence-electron chi connectivity index (χ4n) is 3.39. The van der Waals surface area contributed by atoms with Crippen molar-refractivity contribution < 1.29 is 4.79 Å². The highest BCUT2D eigenvalue weighted by Gasteiger charge is 2.28. The number of hydrogen-bond acceptors (Lipinski definition) is 2. The lowest BCUT2D eigenvalue weighted by molar-refractivity contribution is -0.125. The van der Waals surface area contributed by atoms with Gasteiger partial charge < -0.3 is 11.1 Å². The Morgan fingerprint density at radius 2 is 2.00 bits per heavy atom. The minimum Gasteiger partial charge on any atom is -0.356 e. The van der Waals surface area contributed by atoms with Crippen LogP contribution in [0.3, 0.4) is 0 Å². The first-order valence-corrected chi connectivity index (χ1v) is 7.18. The van der Waals surface area contributed by atoms with E-state index in [-0.39, 0.29) is 30.3 Å². The number of rotatable bonds is 3. The van der Waals surface area contributed by atoms with Crippen LogP contribution in [-0.2, 0) is 4.79 Å². The number of carbonyl (C=O) groups is 1. The molecular formula is C14H27ClN2O. The Morgan fingerprint density at radius 1 is 1.22 bits per heavy atom. The van der Waals surface area contributed by atoms with Gasteiger partial charge in [-0.05, 0) is 43.9 Å². The van der Waals surface area contributed by atoms with E-state index in [1.807, 2.05) is 0 Å². The van der Waals surface area contributed by atoms with Crippen molar-refractivity contribution in [2.45, 2.75) is 57.9 Å². The van der Waals surface area contributed by atoms with Gasteiger partial charge in [0.25, 0.3) is 0 Å². The van der Waals surface area contributed by atoms with Crippen molar-refractivity contribution in [1.82, 2.24) is 5.32 Å². The molecule has 106 valence electrons. The largest absolute Gasteiger partial charge is 0.356 e. The lowest BCUT2D eigenvalue weighted by atomic mass is 9.82. The van der Waals surface area contributed by atoms with Crippen LogP contribution in [0, 0.1) is 17.8 Å². The first-order chi connectivity index (χ1) is 8.15. The SMILES string of the molecule is CC1CCCC(CNC(=O)C2CCC(N)C2)C1.Cl. The maximum atomic E-state index is 11.9. The average Bonchev–Trinajstić information content (AvgIpc) is 2.73. The monoisotopic (exact) mass is 274 g/mol. The van der Waals surface area contributed by atoms with Gasteiger partial charge >= 0.3 is 0 Å². The van der Waals surface area contributed by atoms with E-state index in [9.17, 15) is 4.79 Å². The van der Waals surface area contributed by atoms with Crippen LogP contribution >= 0.6 is 12.4 Å². The van der Waals surface area contributed by atoms with Crippen molar-refractivity contribution in [1.29, 1.82) is 0 Å². The second kappa shape index (κ2) is 7.34. The number of halogens is 1. The predicted octanol–water partition coefficient (Wildman–Crippen LogP) is 2.48. The van der Waals surface area contributed by atoms with E-state index >= 15 is 0 Å². The van der Waals surface area contributed by atoms with Crippen molar-refractivity contribution in [3.05, 3.63) is 0 Å². The molecule has 0 aliphatic heterocycles. The minimum absolute atomic E-state index is 0. The lowest BCUT2D eigenvalue weighted by Crippen LogP contribution is -2.35. The van der Waals surface area contributed by atoms with Crippen molar-refractivity contribution in [3.63, 3.8) is 0 Å². The summed E-state index contributed by atoms with van der Waals surface area (Å²) in [6.07, 6.45) is 8.14. The summed E-state index contributed by atoms with van der Waals surface area (Å²) in [4.78, 5) is 11.9. The topological polar surface area (TPSA) is 55.1 Å². The van der Waals surface area contributed by atoms with E-state index in [0.29, 0.717) is 5.92 Å². The van der Waals surface area contributed by atoms with E-state index in [4.69, 9.17) is 5.73 Å². The zero-order valence-electron chi connectivity index (χ0n) is 11.4. The van der Waals surface area contributed by atoms with Gasteiger partial charge in [-0.15, -0.1) is 12.4 Å². The van der Waals surface area contributed by atoms with Gasteiger partial charge in [0.05, 0.1) is 0 Å². The predicted molar refractivity (Wildman–Crippen MR) is 76.7 cm³/mol. The van der Waals surface area contributed by atoms with Crippen molar-refractivity contribution in [3.8, 4) is 0 Å². The Hall–Kier alpha value is -0.280. The summed E-state index contributed by atoms with van der Waals surface area (Å²) in [5.41, 5.74) is 5.84. The minimum atomic E-state index is 0. The molecule has 1 amide bonds. The number of nitrogens with one attached hydrogen (secondary N) is 1. The normalized spacial score (nSPS) is 35.9. The molecular weight excluding hydrogens is 248 g/mol. The Balaban J connectivity index is 0.00000162. The zero-order valence-corrected chi connectivity index (χ0v) is 12.2. The molecule has 3 N–H and O–H groups in total. The van der Waals surface area contributed by atoms with Crippen LogP contribution in [0.15, 0.2) is 0 Å². The second-order valence-electron chi connectivity index (χ2n) is 6.15. The van der Waals surface area contributed by atoms with E-state index in [2.05, 4.69) is 12.2 Å². The summed E-state index contributed by atoms with van der Waals surface area (Å²) in [6, 6.07) is 0.250. The van der Waals surface area contributed by atoms with Gasteiger partial charge in [0.15, 0.2) is 0 Å². The molecule has 2 saturated carbocycles. The lowest BCUT2D eigenvalue weighted by Gasteiger charge is -2.27. The fourth-order valence-corrected chi connectivity index (χ4v) is 3.39. The molecule has 0 radical (unpaired) electrons. The van der Waals surface area contributed by atoms with Gasteiger partial charge in [-0.1, -0.05) is 19.8 Å². The van der Waals surface area contributed by atoms with E-state index in [1.165, 1.54) is 25.7 Å². The summed E-state index contributed by atoms with van der Waals surface area (Å²) in [7, 11) is 0. The number of amides is 1. The zero-order chi connectivity index (χ0) is 12.3. The van der Waals surface area contributed by atoms with E-state index in [1.54, 1.807) is 0 Å². The number of hydrogen-bond donors (Lipinski definition) is 2. The molecule has 0 aromatic carbocycles. The highest BCUT2D eigenvalue weighted by molar-refractivity contribution is 5.85. The first kappa shape index (κ1) is 15.8. The molecule has 2 aliphatic carbocycles. The Morgan fingerprint density at radius 3 is 2.61 bits per heavy atom. The molecule has 0 aromatic rings. The smallest absolute Gasteiger partial charge is 0.223 e. The van der Waals surface area contributed by atoms with Gasteiger partial charge in [-0.25, -0.2) is 0 Å². The maximum absolute atomic E-state index is 11.9. The van der Waals surface area contributed by atoms with E-state index < -0.39 is 0 Å². The van der Waals surface area contributed by atoms with Crippen LogP contribution in [0.5, 0.6) is 0 Å². The first-order valence-electron chi connectivity index (χ1n) is 7.18. The maximum Gasteiger partial charge on any atom is 0.223 e. The standard InChI is InChI=1S/C14H26N2O.ClH/c1-10-3-2-4-11(7-10)9-16-14(17)12-5-6-13(15)8-12;/h10-13H,2-9,15H2,1H3,(H,16,17);1H. The van der Waals surface area contributed by atoms with Gasteiger partial charge in [-0.2, -0.15) is 0 Å². The molecule has 0 saturated heterocycles. The molecule has 4 heteroatoms. The Labute approximate surface area is 117 Å². The quantitative estimate of drug-likeness (QED) is 0.831. The van der Waals surface area contributed by atoms with Crippen LogP contribution in [0.1, 0.15) is 51.9 Å². The molecule has 2 fully saturated rings. The van der Waals surface area contributed by atoms with E-state index in [0.717, 1.165) is 31.7 Å². The number of nitrogens with two attached hydrogens (primary N) is 1. The molecule has 4 unspecified atom stereocenters. The van der Waals surface area contributed by atoms with Crippen molar-refractivity contribution in [2.24, 2.45) is 23.5 Å². The summed E-state index contributed by atoms with van der Waals surface area (Å²) in [5, 5.41) is 3.14. The highest BCUT2D eigenvalue weighted by Crippen LogP contribution is 2.28. The molecule has 0 bridgehead atoms. The molecule has 4 atom stereocenters. The number of carbonyl (C=O) groups excluding carboxylic acids is 1. The summed E-state index contributed by atoms with van der Waals surface area (Å²) in [6.45, 7) is 3.21. The van der Waals surface area contributed by atoms with Gasteiger partial charge in [0.2, 0.25) is 5.91 Å². The van der Waals surface area contributed by atoms with Crippen molar-refractivity contribution >= 4 is 18.3 Å². The summed E-state index contributed by atoms with van der Waals surface area (Å²) < 4.78 is 0. The summed E-state index contributed by atoms with van der Waals surface area (Å²) in [5.74, 6) is 1.98. The van der Waals surface area contributed by atoms with Gasteiger partial charge in [0.1, 0.15) is 0 Å². The fraction of sp³-hybridized carbons (Fsp3) is 0.929. The Bertz CT molecular complexity index is 273. The van der Waals surface area contributed by atoms with Crippen LogP contribution in [0.25, 0.3) is 0 Å². The molecule has 0 spiro atoms. The highest BCUT2D eigenvalue weighted by atomic mass is 35.5. The third-order valence-electron chi connectivity index (χ3n) is 4.45. The van der Waals surface area contributed by atoms with Gasteiger partial charge in [0, 0.05) is 18.5 Å². The summed E-state index contributed by atoms with van der Waals surface area (Å²) >= 11 is 0. The average molecular weight is 275 g/mol. The van der Waals surface area contributed by atoms with Crippen LogP contribution in [0.4, 0.5) is 0 Å². The molecule has 0 heterocycles. The molecule has 2 aliphatic rings. The second-order valence-corrected chi connectivity index (χ2v) is 6.15. The third-order valence-corrected chi connectivity index (χ3v) is 4.45. The van der Waals surface area contributed by atoms with Crippen LogP contribution in [-0.4, -0.2) is 18.5 Å². The van der Waals surface area contributed by atoms with Gasteiger partial charge in [-0.3, -0.25) is 4.79 Å². The molecule has 3 nitrogen and oxygen atoms in total.